The highest BCUT2D eigenvalue weighted by Gasteiger charge is 2.14. The number of anilines is 1. The second-order valence-electron chi connectivity index (χ2n) is 3.97. The van der Waals surface area contributed by atoms with Gasteiger partial charge in [-0.25, -0.2) is 4.79 Å². The molecule has 0 aliphatic carbocycles. The summed E-state index contributed by atoms with van der Waals surface area (Å²) in [6.07, 6.45) is 0. The zero-order valence-corrected chi connectivity index (χ0v) is 10.8. The SMILES string of the molecule is O=C(NCCN1CCNC1=S)Nc1ccccc1. The first-order chi connectivity index (χ1) is 8.75. The number of carbonyl (C=O) groups is 1. The van der Waals surface area contributed by atoms with Gasteiger partial charge in [0, 0.05) is 31.9 Å². The summed E-state index contributed by atoms with van der Waals surface area (Å²) in [6, 6.07) is 9.16. The van der Waals surface area contributed by atoms with Gasteiger partial charge in [0.25, 0.3) is 0 Å². The van der Waals surface area contributed by atoms with Gasteiger partial charge in [0.2, 0.25) is 0 Å². The van der Waals surface area contributed by atoms with E-state index < -0.39 is 0 Å². The Morgan fingerprint density at radius 3 is 2.83 bits per heavy atom. The monoisotopic (exact) mass is 264 g/mol. The van der Waals surface area contributed by atoms with Crippen LogP contribution in [-0.4, -0.2) is 42.2 Å². The normalized spacial score (nSPS) is 14.2. The van der Waals surface area contributed by atoms with Crippen molar-refractivity contribution in [1.82, 2.24) is 15.5 Å². The fourth-order valence-electron chi connectivity index (χ4n) is 1.73. The van der Waals surface area contributed by atoms with Crippen molar-refractivity contribution in [3.8, 4) is 0 Å². The number of hydrogen-bond donors (Lipinski definition) is 3. The number of nitrogens with zero attached hydrogens (tertiary/aromatic N) is 1. The number of hydrogen-bond acceptors (Lipinski definition) is 2. The molecule has 0 radical (unpaired) electrons. The van der Waals surface area contributed by atoms with Crippen molar-refractivity contribution in [2.45, 2.75) is 0 Å². The van der Waals surface area contributed by atoms with E-state index in [2.05, 4.69) is 16.0 Å². The highest BCUT2D eigenvalue weighted by atomic mass is 32.1. The number of thiocarbonyl (C=S) groups is 1. The fraction of sp³-hybridized carbons (Fsp3) is 0.333. The molecule has 18 heavy (non-hydrogen) atoms. The summed E-state index contributed by atoms with van der Waals surface area (Å²) in [6.45, 7) is 3.09. The van der Waals surface area contributed by atoms with Gasteiger partial charge in [-0.15, -0.1) is 0 Å². The van der Waals surface area contributed by atoms with Crippen LogP contribution in [0.3, 0.4) is 0 Å². The average molecular weight is 264 g/mol. The summed E-state index contributed by atoms with van der Waals surface area (Å²) in [4.78, 5) is 13.6. The van der Waals surface area contributed by atoms with Crippen LogP contribution in [-0.2, 0) is 0 Å². The standard InChI is InChI=1S/C12H16N4OS/c17-11(15-10-4-2-1-3-5-10)13-6-8-16-9-7-14-12(16)18/h1-5H,6-9H2,(H,14,18)(H2,13,15,17). The molecule has 3 N–H and O–H groups in total. The Balaban J connectivity index is 1.67. The molecule has 1 aromatic rings. The predicted molar refractivity (Wildman–Crippen MR) is 75.6 cm³/mol. The molecule has 1 heterocycles. The van der Waals surface area contributed by atoms with Crippen LogP contribution < -0.4 is 16.0 Å². The minimum Gasteiger partial charge on any atom is -0.361 e. The van der Waals surface area contributed by atoms with Gasteiger partial charge in [0.1, 0.15) is 0 Å². The zero-order valence-electron chi connectivity index (χ0n) is 9.98. The molecule has 0 atom stereocenters. The average Bonchev–Trinajstić information content (AvgIpc) is 2.76. The number of rotatable bonds is 4. The molecule has 0 bridgehead atoms. The first-order valence-electron chi connectivity index (χ1n) is 5.88. The Morgan fingerprint density at radius 1 is 1.39 bits per heavy atom. The molecule has 0 unspecified atom stereocenters. The topological polar surface area (TPSA) is 56.4 Å². The Morgan fingerprint density at radius 2 is 2.17 bits per heavy atom. The van der Waals surface area contributed by atoms with Crippen molar-refractivity contribution in [2.24, 2.45) is 0 Å². The van der Waals surface area contributed by atoms with Crippen LogP contribution in [0, 0.1) is 0 Å². The van der Waals surface area contributed by atoms with Crippen LogP contribution in [0.15, 0.2) is 30.3 Å². The summed E-state index contributed by atoms with van der Waals surface area (Å²) in [5, 5.41) is 9.40. The zero-order chi connectivity index (χ0) is 12.8. The molecule has 0 aromatic heterocycles. The molecule has 96 valence electrons. The van der Waals surface area contributed by atoms with E-state index in [-0.39, 0.29) is 6.03 Å². The highest BCUT2D eigenvalue weighted by Crippen LogP contribution is 2.04. The van der Waals surface area contributed by atoms with Gasteiger partial charge in [-0.3, -0.25) is 0 Å². The van der Waals surface area contributed by atoms with Crippen molar-refractivity contribution < 1.29 is 4.79 Å². The lowest BCUT2D eigenvalue weighted by molar-refractivity contribution is 0.251. The van der Waals surface area contributed by atoms with Crippen molar-refractivity contribution in [2.75, 3.05) is 31.5 Å². The van der Waals surface area contributed by atoms with Gasteiger partial charge in [-0.2, -0.15) is 0 Å². The summed E-state index contributed by atoms with van der Waals surface area (Å²) < 4.78 is 0. The van der Waals surface area contributed by atoms with E-state index >= 15 is 0 Å². The largest absolute Gasteiger partial charge is 0.361 e. The number of urea groups is 1. The van der Waals surface area contributed by atoms with Crippen molar-refractivity contribution >= 4 is 29.0 Å². The molecule has 2 amide bonds. The number of nitrogens with one attached hydrogen (secondary N) is 3. The maximum Gasteiger partial charge on any atom is 0.319 e. The van der Waals surface area contributed by atoms with Crippen LogP contribution in [0.25, 0.3) is 0 Å². The molecule has 0 spiro atoms. The second kappa shape index (κ2) is 6.20. The smallest absolute Gasteiger partial charge is 0.319 e. The molecule has 1 aliphatic rings. The Labute approximate surface area is 112 Å². The van der Waals surface area contributed by atoms with Gasteiger partial charge < -0.3 is 20.9 Å². The van der Waals surface area contributed by atoms with E-state index in [1.54, 1.807) is 0 Å². The summed E-state index contributed by atoms with van der Waals surface area (Å²) >= 11 is 5.11. The van der Waals surface area contributed by atoms with E-state index in [0.29, 0.717) is 6.54 Å². The van der Waals surface area contributed by atoms with Gasteiger partial charge in [-0.05, 0) is 24.4 Å². The van der Waals surface area contributed by atoms with Crippen LogP contribution in [0.4, 0.5) is 10.5 Å². The molecule has 1 aromatic carbocycles. The van der Waals surface area contributed by atoms with Gasteiger partial charge in [0.15, 0.2) is 5.11 Å². The van der Waals surface area contributed by atoms with E-state index in [4.69, 9.17) is 12.2 Å². The van der Waals surface area contributed by atoms with Crippen molar-refractivity contribution in [3.05, 3.63) is 30.3 Å². The summed E-state index contributed by atoms with van der Waals surface area (Å²) in [5.41, 5.74) is 0.786. The summed E-state index contributed by atoms with van der Waals surface area (Å²) in [7, 11) is 0. The van der Waals surface area contributed by atoms with Crippen molar-refractivity contribution in [3.63, 3.8) is 0 Å². The number of benzene rings is 1. The van der Waals surface area contributed by atoms with Crippen LogP contribution in [0.5, 0.6) is 0 Å². The lowest BCUT2D eigenvalue weighted by atomic mass is 10.3. The molecule has 0 saturated carbocycles. The number of amides is 2. The number of carbonyl (C=O) groups excluding carboxylic acids is 1. The predicted octanol–water partition coefficient (Wildman–Crippen LogP) is 0.998. The quantitative estimate of drug-likeness (QED) is 0.710. The molecular weight excluding hydrogens is 248 g/mol. The first kappa shape index (κ1) is 12.6. The van der Waals surface area contributed by atoms with E-state index in [1.807, 2.05) is 35.2 Å². The van der Waals surface area contributed by atoms with E-state index in [0.717, 1.165) is 30.4 Å². The third kappa shape index (κ3) is 3.59. The Kier molecular flexibility index (Phi) is 4.35. The Bertz CT molecular complexity index is 423. The lowest BCUT2D eigenvalue weighted by Crippen LogP contribution is -2.38. The maximum absolute atomic E-state index is 11.6. The molecule has 5 nitrogen and oxygen atoms in total. The van der Waals surface area contributed by atoms with Crippen LogP contribution in [0.2, 0.25) is 0 Å². The molecule has 2 rings (SSSR count). The maximum atomic E-state index is 11.6. The molecule has 6 heteroatoms. The van der Waals surface area contributed by atoms with E-state index in [9.17, 15) is 4.79 Å². The first-order valence-corrected chi connectivity index (χ1v) is 6.29. The second-order valence-corrected chi connectivity index (χ2v) is 4.35. The number of para-hydroxylation sites is 1. The third-order valence-electron chi connectivity index (χ3n) is 2.64. The molecule has 1 fully saturated rings. The van der Waals surface area contributed by atoms with Crippen LogP contribution in [0.1, 0.15) is 0 Å². The lowest BCUT2D eigenvalue weighted by Gasteiger charge is -2.16. The van der Waals surface area contributed by atoms with E-state index in [1.165, 1.54) is 0 Å². The van der Waals surface area contributed by atoms with Gasteiger partial charge in [-0.1, -0.05) is 18.2 Å². The van der Waals surface area contributed by atoms with Crippen molar-refractivity contribution in [1.29, 1.82) is 0 Å². The minimum absolute atomic E-state index is 0.195. The van der Waals surface area contributed by atoms with Crippen LogP contribution >= 0.6 is 12.2 Å². The third-order valence-corrected chi connectivity index (χ3v) is 3.05. The summed E-state index contributed by atoms with van der Waals surface area (Å²) in [5.74, 6) is 0. The van der Waals surface area contributed by atoms with Gasteiger partial charge >= 0.3 is 6.03 Å². The Hall–Kier alpha value is -1.82. The highest BCUT2D eigenvalue weighted by molar-refractivity contribution is 7.80. The molecule has 1 aliphatic heterocycles. The van der Waals surface area contributed by atoms with Gasteiger partial charge in [0.05, 0.1) is 0 Å². The molecule has 1 saturated heterocycles. The minimum atomic E-state index is -0.195. The molecular formula is C12H16N4OS. The fourth-order valence-corrected chi connectivity index (χ4v) is 2.01.